The van der Waals surface area contributed by atoms with Crippen LogP contribution in [0.5, 0.6) is 0 Å². The van der Waals surface area contributed by atoms with E-state index in [1.807, 2.05) is 43.3 Å². The van der Waals surface area contributed by atoms with Crippen molar-refractivity contribution in [1.82, 2.24) is 15.1 Å². The molecule has 0 saturated heterocycles. The standard InChI is InChI=1S/C26H20BrN5O4/c1-14-5-7-15(8-6-14)11-22(33)28-20-4-2-3-16-12-21(29-23(16)20)25(34)30-19-10-9-17(27)13-18(19)24-31-26(35)36-32-24/h2-10,12-13,29H,11H2,1H3,(H,28,33)(H,30,34)(H,31,32,35). The largest absolute Gasteiger partial charge is 0.439 e. The van der Waals surface area contributed by atoms with Crippen molar-refractivity contribution in [2.75, 3.05) is 10.6 Å². The number of carbonyl (C=O) groups is 2. The summed E-state index contributed by atoms with van der Waals surface area (Å²) in [5, 5.41) is 10.2. The van der Waals surface area contributed by atoms with E-state index < -0.39 is 11.7 Å². The van der Waals surface area contributed by atoms with Crippen LogP contribution in [0.1, 0.15) is 21.6 Å². The van der Waals surface area contributed by atoms with Gasteiger partial charge in [-0.15, -0.1) is 0 Å². The number of hydrogen-bond donors (Lipinski definition) is 4. The molecule has 0 aliphatic heterocycles. The molecule has 10 heteroatoms. The lowest BCUT2D eigenvalue weighted by Gasteiger charge is -2.09. The predicted molar refractivity (Wildman–Crippen MR) is 140 cm³/mol. The second-order valence-electron chi connectivity index (χ2n) is 8.25. The number of para-hydroxylation sites is 1. The summed E-state index contributed by atoms with van der Waals surface area (Å²) in [7, 11) is 0. The SMILES string of the molecule is Cc1ccc(CC(=O)Nc2cccc3cc(C(=O)Nc4ccc(Br)cc4-c4noc(=O)[nH]4)[nH]c23)cc1. The molecule has 0 unspecified atom stereocenters. The van der Waals surface area contributed by atoms with Gasteiger partial charge in [0, 0.05) is 15.4 Å². The summed E-state index contributed by atoms with van der Waals surface area (Å²) >= 11 is 3.38. The molecule has 9 nitrogen and oxygen atoms in total. The molecule has 0 spiro atoms. The Morgan fingerprint density at radius 3 is 2.53 bits per heavy atom. The number of benzene rings is 3. The molecule has 0 fully saturated rings. The molecular formula is C26H20BrN5O4. The highest BCUT2D eigenvalue weighted by molar-refractivity contribution is 9.10. The Kier molecular flexibility index (Phi) is 6.26. The third-order valence-corrected chi connectivity index (χ3v) is 6.08. The van der Waals surface area contributed by atoms with Crippen LogP contribution in [-0.2, 0) is 11.2 Å². The molecule has 5 aromatic rings. The zero-order valence-electron chi connectivity index (χ0n) is 19.0. The number of aryl methyl sites for hydroxylation is 1. The van der Waals surface area contributed by atoms with Crippen molar-refractivity contribution in [3.05, 3.63) is 98.6 Å². The molecule has 2 heterocycles. The zero-order valence-corrected chi connectivity index (χ0v) is 20.6. The van der Waals surface area contributed by atoms with Gasteiger partial charge in [-0.25, -0.2) is 4.79 Å². The Morgan fingerprint density at radius 2 is 1.78 bits per heavy atom. The maximum atomic E-state index is 13.1. The van der Waals surface area contributed by atoms with Crippen molar-refractivity contribution in [1.29, 1.82) is 0 Å². The van der Waals surface area contributed by atoms with Gasteiger partial charge in [0.2, 0.25) is 5.91 Å². The van der Waals surface area contributed by atoms with Gasteiger partial charge in [0.1, 0.15) is 5.69 Å². The Bertz CT molecular complexity index is 1650. The minimum atomic E-state index is -0.699. The number of aromatic nitrogens is 3. The quantitative estimate of drug-likeness (QED) is 0.238. The van der Waals surface area contributed by atoms with Crippen LogP contribution in [-0.4, -0.2) is 26.9 Å². The van der Waals surface area contributed by atoms with Crippen molar-refractivity contribution in [2.45, 2.75) is 13.3 Å². The minimum absolute atomic E-state index is 0.159. The van der Waals surface area contributed by atoms with Crippen LogP contribution in [0.15, 0.2) is 80.5 Å². The average Bonchev–Trinajstić information content (AvgIpc) is 3.49. The second-order valence-corrected chi connectivity index (χ2v) is 9.17. The van der Waals surface area contributed by atoms with Crippen LogP contribution in [0.2, 0.25) is 0 Å². The molecule has 2 aromatic heterocycles. The second kappa shape index (κ2) is 9.67. The highest BCUT2D eigenvalue weighted by Gasteiger charge is 2.17. The van der Waals surface area contributed by atoms with Gasteiger partial charge < -0.3 is 15.6 Å². The molecule has 5 rings (SSSR count). The fraction of sp³-hybridized carbons (Fsp3) is 0.0769. The number of amides is 2. The van der Waals surface area contributed by atoms with Gasteiger partial charge in [0.25, 0.3) is 5.91 Å². The van der Waals surface area contributed by atoms with E-state index in [9.17, 15) is 14.4 Å². The van der Waals surface area contributed by atoms with Crippen molar-refractivity contribution in [2.24, 2.45) is 0 Å². The van der Waals surface area contributed by atoms with Crippen LogP contribution < -0.4 is 16.4 Å². The Morgan fingerprint density at radius 1 is 0.972 bits per heavy atom. The lowest BCUT2D eigenvalue weighted by molar-refractivity contribution is -0.115. The third kappa shape index (κ3) is 4.98. The number of nitrogens with one attached hydrogen (secondary N) is 4. The number of H-pyrrole nitrogens is 2. The number of nitrogens with zero attached hydrogens (tertiary/aromatic N) is 1. The Labute approximate surface area is 213 Å². The highest BCUT2D eigenvalue weighted by Crippen LogP contribution is 2.30. The van der Waals surface area contributed by atoms with Crippen LogP contribution in [0.25, 0.3) is 22.3 Å². The lowest BCUT2D eigenvalue weighted by atomic mass is 10.1. The van der Waals surface area contributed by atoms with Crippen LogP contribution >= 0.6 is 15.9 Å². The average molecular weight is 546 g/mol. The predicted octanol–water partition coefficient (Wildman–Crippen LogP) is 5.02. The van der Waals surface area contributed by atoms with E-state index in [0.29, 0.717) is 28.1 Å². The van der Waals surface area contributed by atoms with Crippen molar-refractivity contribution < 1.29 is 14.1 Å². The van der Waals surface area contributed by atoms with E-state index in [0.717, 1.165) is 21.0 Å². The van der Waals surface area contributed by atoms with Gasteiger partial charge in [-0.05, 0) is 42.8 Å². The minimum Gasteiger partial charge on any atom is -0.349 e. The molecule has 4 N–H and O–H groups in total. The van der Waals surface area contributed by atoms with Gasteiger partial charge in [-0.3, -0.25) is 19.1 Å². The first-order chi connectivity index (χ1) is 17.4. The van der Waals surface area contributed by atoms with Crippen LogP contribution in [0.4, 0.5) is 11.4 Å². The molecule has 0 atom stereocenters. The number of aromatic amines is 2. The first kappa shape index (κ1) is 23.3. The van der Waals surface area contributed by atoms with Crippen LogP contribution in [0.3, 0.4) is 0 Å². The van der Waals surface area contributed by atoms with Gasteiger partial charge >= 0.3 is 5.76 Å². The molecule has 0 radical (unpaired) electrons. The monoisotopic (exact) mass is 545 g/mol. The first-order valence-corrected chi connectivity index (χ1v) is 11.8. The summed E-state index contributed by atoms with van der Waals surface area (Å²) in [5.74, 6) is -1.08. The van der Waals surface area contributed by atoms with Gasteiger partial charge in [-0.1, -0.05) is 63.0 Å². The molecular weight excluding hydrogens is 526 g/mol. The molecule has 36 heavy (non-hydrogen) atoms. The highest BCUT2D eigenvalue weighted by atomic mass is 79.9. The van der Waals surface area contributed by atoms with Crippen molar-refractivity contribution >= 4 is 50.0 Å². The summed E-state index contributed by atoms with van der Waals surface area (Å²) in [4.78, 5) is 42.8. The first-order valence-electron chi connectivity index (χ1n) is 11.0. The molecule has 0 aliphatic rings. The van der Waals surface area contributed by atoms with Crippen molar-refractivity contribution in [3.63, 3.8) is 0 Å². The molecule has 180 valence electrons. The number of fused-ring (bicyclic) bond motifs is 1. The van der Waals surface area contributed by atoms with Gasteiger partial charge in [-0.2, -0.15) is 0 Å². The summed E-state index contributed by atoms with van der Waals surface area (Å²) in [6, 6.07) is 20.1. The Balaban J connectivity index is 1.38. The zero-order chi connectivity index (χ0) is 25.2. The van der Waals surface area contributed by atoms with E-state index in [1.54, 1.807) is 30.3 Å². The maximum absolute atomic E-state index is 13.1. The van der Waals surface area contributed by atoms with Gasteiger partial charge in [0.05, 0.1) is 23.3 Å². The Hall–Kier alpha value is -4.44. The van der Waals surface area contributed by atoms with E-state index in [-0.39, 0.29) is 18.2 Å². The summed E-state index contributed by atoms with van der Waals surface area (Å²) in [6.45, 7) is 2.00. The molecule has 0 bridgehead atoms. The number of halogens is 1. The third-order valence-electron chi connectivity index (χ3n) is 5.59. The summed E-state index contributed by atoms with van der Waals surface area (Å²) < 4.78 is 5.33. The molecule has 3 aromatic carbocycles. The molecule has 0 saturated carbocycles. The number of hydrogen-bond acceptors (Lipinski definition) is 5. The smallest absolute Gasteiger partial charge is 0.349 e. The molecule has 0 aliphatic carbocycles. The van der Waals surface area contributed by atoms with E-state index in [4.69, 9.17) is 0 Å². The van der Waals surface area contributed by atoms with E-state index in [1.165, 1.54) is 0 Å². The van der Waals surface area contributed by atoms with Crippen molar-refractivity contribution in [3.8, 4) is 11.4 Å². The number of anilines is 2. The number of rotatable bonds is 6. The fourth-order valence-electron chi connectivity index (χ4n) is 3.83. The van der Waals surface area contributed by atoms with Gasteiger partial charge in [0.15, 0.2) is 5.82 Å². The molecule has 2 amide bonds. The summed E-state index contributed by atoms with van der Waals surface area (Å²) in [5.41, 5.74) is 4.46. The van der Waals surface area contributed by atoms with Crippen LogP contribution in [0, 0.1) is 6.92 Å². The lowest BCUT2D eigenvalue weighted by Crippen LogP contribution is -2.15. The van der Waals surface area contributed by atoms with E-state index in [2.05, 4.69) is 46.2 Å². The summed E-state index contributed by atoms with van der Waals surface area (Å²) in [6.07, 6.45) is 0.237. The fourth-order valence-corrected chi connectivity index (χ4v) is 4.19. The van der Waals surface area contributed by atoms with E-state index >= 15 is 0 Å². The number of carbonyl (C=O) groups excluding carboxylic acids is 2. The normalized spacial score (nSPS) is 10.9. The maximum Gasteiger partial charge on any atom is 0.439 e. The topological polar surface area (TPSA) is 133 Å².